The number of carboxylic acids is 2. The number of rotatable bonds is 14. The van der Waals surface area contributed by atoms with Gasteiger partial charge in [-0.15, -0.1) is 0 Å². The Labute approximate surface area is 161 Å². The maximum atomic E-state index is 12.2. The Hall–Kier alpha value is -1.66. The zero-order valence-electron chi connectivity index (χ0n) is 16.1. The molecule has 0 heterocycles. The summed E-state index contributed by atoms with van der Waals surface area (Å²) in [6.07, 6.45) is 13.4. The van der Waals surface area contributed by atoms with Crippen LogP contribution >= 0.6 is 0 Å². The highest BCUT2D eigenvalue weighted by atomic mass is 16.4. The first-order valence-electron chi connectivity index (χ1n) is 10.0. The molecule has 0 aliphatic heterocycles. The van der Waals surface area contributed by atoms with Crippen LogP contribution in [0.15, 0.2) is 24.3 Å². The van der Waals surface area contributed by atoms with Crippen molar-refractivity contribution in [1.82, 2.24) is 0 Å². The van der Waals surface area contributed by atoms with E-state index in [-0.39, 0.29) is 25.4 Å². The van der Waals surface area contributed by atoms with Crippen molar-refractivity contribution in [3.8, 4) is 0 Å². The molecule has 27 heavy (non-hydrogen) atoms. The molecule has 1 rings (SSSR count). The van der Waals surface area contributed by atoms with Crippen LogP contribution in [0.1, 0.15) is 70.6 Å². The van der Waals surface area contributed by atoms with Gasteiger partial charge in [0.05, 0.1) is 12.5 Å². The molecular weight excluding hydrogens is 348 g/mol. The number of hydrogen-bond donors (Lipinski definition) is 4. The minimum absolute atomic E-state index is 0.108. The van der Waals surface area contributed by atoms with Gasteiger partial charge in [-0.3, -0.25) is 9.59 Å². The van der Waals surface area contributed by atoms with E-state index in [1.54, 1.807) is 12.2 Å². The average molecular weight is 382 g/mol. The summed E-state index contributed by atoms with van der Waals surface area (Å²) in [7, 11) is 0. The molecule has 1 fully saturated rings. The van der Waals surface area contributed by atoms with E-state index in [1.807, 2.05) is 6.08 Å². The van der Waals surface area contributed by atoms with Crippen LogP contribution in [0, 0.1) is 11.3 Å². The van der Waals surface area contributed by atoms with Gasteiger partial charge in [0.15, 0.2) is 0 Å². The SMILES string of the molecule is O=C(O)CC=CC[C@@H](O)[C@](C=CCCCCCCO)(C(=O)O)C1CCCC1. The second-order valence-electron chi connectivity index (χ2n) is 7.37. The number of unbranched alkanes of at least 4 members (excludes halogenated alkanes) is 4. The smallest absolute Gasteiger partial charge is 0.316 e. The third-order valence-corrected chi connectivity index (χ3v) is 5.44. The fourth-order valence-corrected chi connectivity index (χ4v) is 3.92. The summed E-state index contributed by atoms with van der Waals surface area (Å²) < 4.78 is 0. The molecule has 0 aromatic carbocycles. The van der Waals surface area contributed by atoms with Gasteiger partial charge in [-0.05, 0) is 44.4 Å². The van der Waals surface area contributed by atoms with Crippen LogP contribution in [0.4, 0.5) is 0 Å². The van der Waals surface area contributed by atoms with Gasteiger partial charge in [0.2, 0.25) is 0 Å². The van der Waals surface area contributed by atoms with E-state index in [1.165, 1.54) is 6.08 Å². The Morgan fingerprint density at radius 1 is 1.00 bits per heavy atom. The van der Waals surface area contributed by atoms with Crippen LogP contribution in [0.5, 0.6) is 0 Å². The monoisotopic (exact) mass is 382 g/mol. The average Bonchev–Trinajstić information content (AvgIpc) is 3.15. The van der Waals surface area contributed by atoms with Crippen molar-refractivity contribution in [3.05, 3.63) is 24.3 Å². The largest absolute Gasteiger partial charge is 0.481 e. The van der Waals surface area contributed by atoms with Crippen LogP contribution in [-0.2, 0) is 9.59 Å². The zero-order valence-corrected chi connectivity index (χ0v) is 16.1. The Morgan fingerprint density at radius 2 is 1.67 bits per heavy atom. The van der Waals surface area contributed by atoms with E-state index in [4.69, 9.17) is 10.2 Å². The van der Waals surface area contributed by atoms with Crippen LogP contribution < -0.4 is 0 Å². The molecule has 0 saturated heterocycles. The number of allylic oxidation sites excluding steroid dienone is 1. The lowest BCUT2D eigenvalue weighted by Crippen LogP contribution is -2.46. The Kier molecular flexibility index (Phi) is 11.0. The number of hydrogen-bond acceptors (Lipinski definition) is 4. The van der Waals surface area contributed by atoms with Crippen molar-refractivity contribution < 1.29 is 30.0 Å². The number of carbonyl (C=O) groups is 2. The summed E-state index contributed by atoms with van der Waals surface area (Å²) >= 11 is 0. The first-order chi connectivity index (χ1) is 12.9. The van der Waals surface area contributed by atoms with E-state index >= 15 is 0 Å². The number of carboxylic acid groups (broad SMARTS) is 2. The van der Waals surface area contributed by atoms with Crippen molar-refractivity contribution in [3.63, 3.8) is 0 Å². The molecule has 0 radical (unpaired) electrons. The molecule has 0 bridgehead atoms. The molecule has 2 atom stereocenters. The van der Waals surface area contributed by atoms with E-state index in [9.17, 15) is 19.8 Å². The summed E-state index contributed by atoms with van der Waals surface area (Å²) in [6.45, 7) is 0.196. The van der Waals surface area contributed by atoms with Gasteiger partial charge in [-0.2, -0.15) is 0 Å². The molecule has 1 saturated carbocycles. The molecule has 0 amide bonds. The lowest BCUT2D eigenvalue weighted by atomic mass is 9.68. The van der Waals surface area contributed by atoms with Crippen molar-refractivity contribution in [2.45, 2.75) is 76.7 Å². The Balaban J connectivity index is 2.82. The molecule has 0 aromatic heterocycles. The first kappa shape index (κ1) is 23.4. The number of aliphatic carboxylic acids is 2. The summed E-state index contributed by atoms with van der Waals surface area (Å²) in [5, 5.41) is 38.3. The van der Waals surface area contributed by atoms with Crippen LogP contribution in [0.2, 0.25) is 0 Å². The molecule has 4 N–H and O–H groups in total. The maximum Gasteiger partial charge on any atom is 0.316 e. The summed E-state index contributed by atoms with van der Waals surface area (Å²) in [6, 6.07) is 0. The summed E-state index contributed by atoms with van der Waals surface area (Å²) in [4.78, 5) is 22.8. The van der Waals surface area contributed by atoms with Crippen LogP contribution in [-0.4, -0.2) is 45.1 Å². The molecule has 1 aliphatic rings. The van der Waals surface area contributed by atoms with E-state index in [0.717, 1.165) is 57.8 Å². The van der Waals surface area contributed by atoms with Crippen molar-refractivity contribution in [1.29, 1.82) is 0 Å². The minimum Gasteiger partial charge on any atom is -0.481 e. The number of aliphatic hydroxyl groups excluding tert-OH is 2. The normalized spacial score (nSPS) is 18.9. The van der Waals surface area contributed by atoms with Gasteiger partial charge < -0.3 is 20.4 Å². The highest BCUT2D eigenvalue weighted by molar-refractivity contribution is 5.78. The highest BCUT2D eigenvalue weighted by Crippen LogP contribution is 2.45. The third-order valence-electron chi connectivity index (χ3n) is 5.44. The second kappa shape index (κ2) is 12.7. The Morgan fingerprint density at radius 3 is 2.26 bits per heavy atom. The van der Waals surface area contributed by atoms with Gasteiger partial charge >= 0.3 is 11.9 Å². The van der Waals surface area contributed by atoms with Gasteiger partial charge in [-0.1, -0.05) is 50.0 Å². The Bertz CT molecular complexity index is 507. The molecule has 0 unspecified atom stereocenters. The van der Waals surface area contributed by atoms with E-state index in [2.05, 4.69) is 0 Å². The third kappa shape index (κ3) is 7.46. The fraction of sp³-hybridized carbons (Fsp3) is 0.714. The molecular formula is C21H34O6. The predicted octanol–water partition coefficient (Wildman–Crippen LogP) is 3.53. The quantitative estimate of drug-likeness (QED) is 0.270. The van der Waals surface area contributed by atoms with Gasteiger partial charge in [0.1, 0.15) is 5.41 Å². The molecule has 154 valence electrons. The molecule has 1 aliphatic carbocycles. The minimum atomic E-state index is -1.32. The highest BCUT2D eigenvalue weighted by Gasteiger charge is 2.49. The number of aliphatic hydroxyl groups is 2. The van der Waals surface area contributed by atoms with Crippen molar-refractivity contribution >= 4 is 11.9 Å². The van der Waals surface area contributed by atoms with Gasteiger partial charge in [0, 0.05) is 6.61 Å². The molecule has 0 spiro atoms. The van der Waals surface area contributed by atoms with Crippen LogP contribution in [0.3, 0.4) is 0 Å². The topological polar surface area (TPSA) is 115 Å². The standard InChI is InChI=1S/C21H34O6/c22-16-10-4-2-1-3-9-15-21(20(26)27,17-11-5-6-12-17)18(23)13-7-8-14-19(24)25/h7-9,15,17-18,22-23H,1-6,10-14,16H2,(H,24,25)(H,26,27)/t18-,21-/m1/s1. The predicted molar refractivity (Wildman–Crippen MR) is 103 cm³/mol. The van der Waals surface area contributed by atoms with E-state index in [0.29, 0.717) is 0 Å². The molecule has 6 nitrogen and oxygen atoms in total. The lowest BCUT2D eigenvalue weighted by Gasteiger charge is -2.36. The lowest BCUT2D eigenvalue weighted by molar-refractivity contribution is -0.156. The van der Waals surface area contributed by atoms with Gasteiger partial charge in [-0.25, -0.2) is 0 Å². The van der Waals surface area contributed by atoms with Crippen molar-refractivity contribution in [2.75, 3.05) is 6.61 Å². The van der Waals surface area contributed by atoms with Crippen LogP contribution in [0.25, 0.3) is 0 Å². The first-order valence-corrected chi connectivity index (χ1v) is 10.0. The summed E-state index contributed by atoms with van der Waals surface area (Å²) in [5.41, 5.74) is -1.32. The second-order valence-corrected chi connectivity index (χ2v) is 7.37. The summed E-state index contributed by atoms with van der Waals surface area (Å²) in [5.74, 6) is -2.07. The molecule has 6 heteroatoms. The van der Waals surface area contributed by atoms with E-state index < -0.39 is 23.5 Å². The zero-order chi connectivity index (χ0) is 20.1. The maximum absolute atomic E-state index is 12.2. The fourth-order valence-electron chi connectivity index (χ4n) is 3.92. The molecule has 0 aromatic rings. The van der Waals surface area contributed by atoms with Gasteiger partial charge in [0.25, 0.3) is 0 Å². The van der Waals surface area contributed by atoms with Crippen molar-refractivity contribution in [2.24, 2.45) is 11.3 Å².